The van der Waals surface area contributed by atoms with Crippen molar-refractivity contribution < 1.29 is 5.11 Å². The van der Waals surface area contributed by atoms with Crippen LogP contribution in [0.4, 0.5) is 5.13 Å². The van der Waals surface area contributed by atoms with Crippen molar-refractivity contribution in [2.45, 2.75) is 44.8 Å². The SMILES string of the molecule is CN1CCN(c2nc3c(s2)C(O)CCC3)CC1(C)C. The summed E-state index contributed by atoms with van der Waals surface area (Å²) in [5, 5.41) is 11.2. The lowest BCUT2D eigenvalue weighted by molar-refractivity contribution is 0.139. The molecule has 106 valence electrons. The third kappa shape index (κ3) is 2.39. The van der Waals surface area contributed by atoms with E-state index < -0.39 is 0 Å². The van der Waals surface area contributed by atoms with E-state index in [1.165, 1.54) is 0 Å². The first-order valence-corrected chi connectivity index (χ1v) is 7.93. The third-order valence-electron chi connectivity index (χ3n) is 4.50. The molecule has 0 amide bonds. The van der Waals surface area contributed by atoms with Gasteiger partial charge in [0.15, 0.2) is 5.13 Å². The minimum Gasteiger partial charge on any atom is -0.388 e. The number of aryl methyl sites for hydroxylation is 1. The number of aromatic nitrogens is 1. The molecule has 5 heteroatoms. The van der Waals surface area contributed by atoms with Crippen LogP contribution in [0.2, 0.25) is 0 Å². The molecule has 1 saturated heterocycles. The summed E-state index contributed by atoms with van der Waals surface area (Å²) >= 11 is 1.70. The molecular formula is C14H23N3OS. The summed E-state index contributed by atoms with van der Waals surface area (Å²) in [5.41, 5.74) is 1.32. The molecule has 1 aromatic rings. The number of fused-ring (bicyclic) bond motifs is 1. The Labute approximate surface area is 119 Å². The second kappa shape index (κ2) is 4.72. The predicted octanol–water partition coefficient (Wildman–Crippen LogP) is 2.04. The van der Waals surface area contributed by atoms with E-state index in [9.17, 15) is 5.11 Å². The van der Waals surface area contributed by atoms with Crippen LogP contribution in [0, 0.1) is 0 Å². The predicted molar refractivity (Wildman–Crippen MR) is 78.9 cm³/mol. The fourth-order valence-electron chi connectivity index (χ4n) is 2.92. The van der Waals surface area contributed by atoms with Gasteiger partial charge in [0.25, 0.3) is 0 Å². The number of aliphatic hydroxyl groups excluding tert-OH is 1. The number of nitrogens with zero attached hydrogens (tertiary/aromatic N) is 3. The van der Waals surface area contributed by atoms with Gasteiger partial charge in [0.05, 0.1) is 16.7 Å². The smallest absolute Gasteiger partial charge is 0.185 e. The van der Waals surface area contributed by atoms with E-state index in [-0.39, 0.29) is 11.6 Å². The average Bonchev–Trinajstić information content (AvgIpc) is 2.78. The van der Waals surface area contributed by atoms with Crippen molar-refractivity contribution in [1.82, 2.24) is 9.88 Å². The zero-order valence-electron chi connectivity index (χ0n) is 12.0. The first-order valence-electron chi connectivity index (χ1n) is 7.11. The molecule has 19 heavy (non-hydrogen) atoms. The number of aliphatic hydroxyl groups is 1. The zero-order valence-corrected chi connectivity index (χ0v) is 12.8. The number of thiazole rings is 1. The lowest BCUT2D eigenvalue weighted by Gasteiger charge is -2.45. The average molecular weight is 281 g/mol. The summed E-state index contributed by atoms with van der Waals surface area (Å²) in [6, 6.07) is 0. The molecule has 1 N–H and O–H groups in total. The molecule has 0 aromatic carbocycles. The van der Waals surface area contributed by atoms with Crippen LogP contribution in [-0.4, -0.2) is 47.2 Å². The second-order valence-corrected chi connectivity index (χ2v) is 7.38. The van der Waals surface area contributed by atoms with Crippen LogP contribution in [-0.2, 0) is 6.42 Å². The largest absolute Gasteiger partial charge is 0.388 e. The summed E-state index contributed by atoms with van der Waals surface area (Å²) in [6.07, 6.45) is 2.70. The summed E-state index contributed by atoms with van der Waals surface area (Å²) < 4.78 is 0. The van der Waals surface area contributed by atoms with E-state index in [1.807, 2.05) is 0 Å². The van der Waals surface area contributed by atoms with Crippen molar-refractivity contribution in [2.24, 2.45) is 0 Å². The Kier molecular flexibility index (Phi) is 3.31. The highest BCUT2D eigenvalue weighted by Crippen LogP contribution is 2.38. The van der Waals surface area contributed by atoms with Crippen LogP contribution in [0.15, 0.2) is 0 Å². The van der Waals surface area contributed by atoms with Crippen LogP contribution in [0.3, 0.4) is 0 Å². The van der Waals surface area contributed by atoms with Crippen LogP contribution in [0.25, 0.3) is 0 Å². The molecule has 1 aliphatic heterocycles. The lowest BCUT2D eigenvalue weighted by Crippen LogP contribution is -2.57. The Balaban J connectivity index is 1.83. The molecule has 3 rings (SSSR count). The molecule has 0 saturated carbocycles. The fraction of sp³-hybridized carbons (Fsp3) is 0.786. The third-order valence-corrected chi connectivity index (χ3v) is 5.76. The van der Waals surface area contributed by atoms with Crippen molar-refractivity contribution in [2.75, 3.05) is 31.6 Å². The Hall–Kier alpha value is -0.650. The Bertz CT molecular complexity index is 471. The number of likely N-dealkylation sites (N-methyl/N-ethyl adjacent to an activating group) is 1. The van der Waals surface area contributed by atoms with Crippen molar-refractivity contribution in [3.8, 4) is 0 Å². The van der Waals surface area contributed by atoms with Gasteiger partial charge >= 0.3 is 0 Å². The van der Waals surface area contributed by atoms with Gasteiger partial charge in [-0.1, -0.05) is 11.3 Å². The maximum atomic E-state index is 10.1. The van der Waals surface area contributed by atoms with Crippen molar-refractivity contribution >= 4 is 16.5 Å². The topological polar surface area (TPSA) is 39.6 Å². The molecule has 1 atom stereocenters. The molecule has 1 fully saturated rings. The molecule has 0 spiro atoms. The van der Waals surface area contributed by atoms with Gasteiger partial charge in [-0.2, -0.15) is 0 Å². The number of anilines is 1. The lowest BCUT2D eigenvalue weighted by atomic mass is 10.00. The molecule has 1 unspecified atom stereocenters. The highest BCUT2D eigenvalue weighted by atomic mass is 32.1. The van der Waals surface area contributed by atoms with E-state index in [1.54, 1.807) is 11.3 Å². The van der Waals surface area contributed by atoms with Gasteiger partial charge in [-0.05, 0) is 40.2 Å². The summed E-state index contributed by atoms with van der Waals surface area (Å²) in [4.78, 5) is 10.7. The molecule has 0 bridgehead atoms. The van der Waals surface area contributed by atoms with Gasteiger partial charge in [0.1, 0.15) is 0 Å². The normalized spacial score (nSPS) is 27.4. The van der Waals surface area contributed by atoms with E-state index in [2.05, 4.69) is 30.7 Å². The number of rotatable bonds is 1. The second-order valence-electron chi connectivity index (χ2n) is 6.37. The Morgan fingerprint density at radius 2 is 2.16 bits per heavy atom. The highest BCUT2D eigenvalue weighted by molar-refractivity contribution is 7.15. The summed E-state index contributed by atoms with van der Waals surface area (Å²) in [5.74, 6) is 0. The number of hydrogen-bond acceptors (Lipinski definition) is 5. The first kappa shape index (κ1) is 13.3. The summed E-state index contributed by atoms with van der Waals surface area (Å²) in [7, 11) is 2.19. The minimum absolute atomic E-state index is 0.184. The van der Waals surface area contributed by atoms with E-state index in [4.69, 9.17) is 4.98 Å². The fourth-order valence-corrected chi connectivity index (χ4v) is 4.08. The van der Waals surface area contributed by atoms with E-state index in [0.29, 0.717) is 0 Å². The van der Waals surface area contributed by atoms with Crippen LogP contribution >= 0.6 is 11.3 Å². The van der Waals surface area contributed by atoms with Gasteiger partial charge in [-0.25, -0.2) is 4.98 Å². The van der Waals surface area contributed by atoms with Crippen molar-refractivity contribution in [3.05, 3.63) is 10.6 Å². The van der Waals surface area contributed by atoms with Crippen molar-refractivity contribution in [3.63, 3.8) is 0 Å². The Morgan fingerprint density at radius 1 is 1.37 bits per heavy atom. The van der Waals surface area contributed by atoms with E-state index in [0.717, 1.165) is 54.6 Å². The molecular weight excluding hydrogens is 258 g/mol. The van der Waals surface area contributed by atoms with Crippen molar-refractivity contribution in [1.29, 1.82) is 0 Å². The molecule has 4 nitrogen and oxygen atoms in total. The molecule has 2 aliphatic rings. The van der Waals surface area contributed by atoms with Crippen LogP contribution < -0.4 is 4.90 Å². The molecule has 1 aromatic heterocycles. The first-order chi connectivity index (χ1) is 8.97. The van der Waals surface area contributed by atoms with E-state index >= 15 is 0 Å². The molecule has 2 heterocycles. The standard InChI is InChI=1S/C14H23N3OS/c1-14(2)9-17(8-7-16(14)3)13-15-10-5-4-6-11(18)12(10)19-13/h11,18H,4-9H2,1-3H3. The van der Waals surface area contributed by atoms with Crippen LogP contribution in [0.5, 0.6) is 0 Å². The van der Waals surface area contributed by atoms with Gasteiger partial charge in [-0.15, -0.1) is 0 Å². The maximum Gasteiger partial charge on any atom is 0.185 e. The molecule has 1 aliphatic carbocycles. The molecule has 0 radical (unpaired) electrons. The zero-order chi connectivity index (χ0) is 13.6. The summed E-state index contributed by atoms with van der Waals surface area (Å²) in [6.45, 7) is 7.66. The van der Waals surface area contributed by atoms with Crippen LogP contribution in [0.1, 0.15) is 43.4 Å². The number of hydrogen-bond donors (Lipinski definition) is 1. The number of piperazine rings is 1. The van der Waals surface area contributed by atoms with Gasteiger partial charge in [0.2, 0.25) is 0 Å². The van der Waals surface area contributed by atoms with Gasteiger partial charge in [0, 0.05) is 25.2 Å². The maximum absolute atomic E-state index is 10.1. The van der Waals surface area contributed by atoms with Gasteiger partial charge in [-0.3, -0.25) is 4.90 Å². The Morgan fingerprint density at radius 3 is 2.84 bits per heavy atom. The highest BCUT2D eigenvalue weighted by Gasteiger charge is 2.33. The van der Waals surface area contributed by atoms with Gasteiger partial charge < -0.3 is 10.0 Å². The minimum atomic E-state index is -0.282. The monoisotopic (exact) mass is 281 g/mol. The quantitative estimate of drug-likeness (QED) is 0.855.